The molecule has 2 aromatic rings. The average Bonchev–Trinajstić information content (AvgIpc) is 2.61. The Balaban J connectivity index is 1.87. The van der Waals surface area contributed by atoms with Crippen LogP contribution in [0.4, 0.5) is 11.4 Å². The first-order valence-electron chi connectivity index (χ1n) is 7.49. The van der Waals surface area contributed by atoms with Gasteiger partial charge in [0.1, 0.15) is 0 Å². The topological polar surface area (TPSA) is 87.8 Å². The van der Waals surface area contributed by atoms with Crippen molar-refractivity contribution in [2.24, 2.45) is 5.10 Å². The van der Waals surface area contributed by atoms with E-state index in [0.29, 0.717) is 5.56 Å². The minimum absolute atomic E-state index is 0.0664. The maximum Gasteiger partial charge on any atom is 0.271 e. The fraction of sp³-hybridized carbons (Fsp3) is 0.111. The van der Waals surface area contributed by atoms with Crippen molar-refractivity contribution in [2.75, 3.05) is 19.0 Å². The Hall–Kier alpha value is -3.48. The molecular formula is C18H18N4O3. The van der Waals surface area contributed by atoms with Gasteiger partial charge in [-0.3, -0.25) is 14.9 Å². The second-order valence-corrected chi connectivity index (χ2v) is 5.37. The molecule has 25 heavy (non-hydrogen) atoms. The molecule has 128 valence electrons. The van der Waals surface area contributed by atoms with Crippen molar-refractivity contribution in [2.45, 2.75) is 0 Å². The normalized spacial score (nSPS) is 11.0. The lowest BCUT2D eigenvalue weighted by atomic mass is 10.2. The third kappa shape index (κ3) is 5.28. The van der Waals surface area contributed by atoms with Crippen LogP contribution in [0.3, 0.4) is 0 Å². The van der Waals surface area contributed by atoms with Crippen molar-refractivity contribution in [3.05, 3.63) is 75.8 Å². The Kier molecular flexibility index (Phi) is 6.00. The summed E-state index contributed by atoms with van der Waals surface area (Å²) in [6.07, 6.45) is 5.03. The molecule has 0 fully saturated rings. The molecule has 0 saturated heterocycles. The van der Waals surface area contributed by atoms with Crippen molar-refractivity contribution in [1.29, 1.82) is 0 Å². The smallest absolute Gasteiger partial charge is 0.271 e. The number of allylic oxidation sites excluding steroid dienone is 1. The van der Waals surface area contributed by atoms with Gasteiger partial charge in [-0.25, -0.2) is 5.43 Å². The number of nitrogens with zero attached hydrogens (tertiary/aromatic N) is 3. The fourth-order valence-electron chi connectivity index (χ4n) is 1.98. The molecule has 0 spiro atoms. The zero-order valence-corrected chi connectivity index (χ0v) is 13.9. The molecule has 1 N–H and O–H groups in total. The minimum Gasteiger partial charge on any atom is -0.378 e. The van der Waals surface area contributed by atoms with Crippen LogP contribution in [0.1, 0.15) is 15.9 Å². The molecule has 0 bridgehead atoms. The Morgan fingerprint density at radius 3 is 2.32 bits per heavy atom. The van der Waals surface area contributed by atoms with Crippen LogP contribution < -0.4 is 10.3 Å². The lowest BCUT2D eigenvalue weighted by Gasteiger charge is -2.11. The largest absolute Gasteiger partial charge is 0.378 e. The lowest BCUT2D eigenvalue weighted by molar-refractivity contribution is -0.384. The van der Waals surface area contributed by atoms with Crippen molar-refractivity contribution in [3.8, 4) is 0 Å². The monoisotopic (exact) mass is 338 g/mol. The van der Waals surface area contributed by atoms with E-state index in [1.807, 2.05) is 49.3 Å². The predicted octanol–water partition coefficient (Wildman–Crippen LogP) is 3.09. The summed E-state index contributed by atoms with van der Waals surface area (Å²) in [7, 11) is 3.95. The maximum absolute atomic E-state index is 11.8. The summed E-state index contributed by atoms with van der Waals surface area (Å²) in [6.45, 7) is 0. The molecule has 0 saturated carbocycles. The molecule has 1 amide bonds. The number of carbonyl (C=O) groups excluding carboxylic acids is 1. The summed E-state index contributed by atoms with van der Waals surface area (Å²) < 4.78 is 0. The number of nitro groups is 1. The first kappa shape index (κ1) is 17.9. The number of hydrogen-bond donors (Lipinski definition) is 1. The zero-order valence-electron chi connectivity index (χ0n) is 13.9. The number of benzene rings is 2. The van der Waals surface area contributed by atoms with E-state index < -0.39 is 10.8 Å². The highest BCUT2D eigenvalue weighted by atomic mass is 16.6. The van der Waals surface area contributed by atoms with Gasteiger partial charge in [0.2, 0.25) is 0 Å². The maximum atomic E-state index is 11.8. The Morgan fingerprint density at radius 2 is 1.76 bits per heavy atom. The Bertz CT molecular complexity index is 794. The van der Waals surface area contributed by atoms with E-state index in [9.17, 15) is 14.9 Å². The van der Waals surface area contributed by atoms with E-state index in [2.05, 4.69) is 10.5 Å². The van der Waals surface area contributed by atoms with Gasteiger partial charge in [0.25, 0.3) is 11.6 Å². The number of nitro benzene ring substituents is 1. The van der Waals surface area contributed by atoms with Crippen LogP contribution in [0.2, 0.25) is 0 Å². The second-order valence-electron chi connectivity index (χ2n) is 5.37. The van der Waals surface area contributed by atoms with Crippen molar-refractivity contribution >= 4 is 29.6 Å². The number of amides is 1. The number of hydrogen-bond acceptors (Lipinski definition) is 5. The van der Waals surface area contributed by atoms with Gasteiger partial charge >= 0.3 is 0 Å². The van der Waals surface area contributed by atoms with Gasteiger partial charge in [-0.1, -0.05) is 18.2 Å². The van der Waals surface area contributed by atoms with Gasteiger partial charge in [-0.15, -0.1) is 0 Å². The summed E-state index contributed by atoms with van der Waals surface area (Å²) in [5.74, 6) is -0.435. The minimum atomic E-state index is -0.518. The predicted molar refractivity (Wildman–Crippen MR) is 98.9 cm³/mol. The van der Waals surface area contributed by atoms with Gasteiger partial charge in [-0.05, 0) is 35.9 Å². The van der Waals surface area contributed by atoms with Crippen LogP contribution >= 0.6 is 0 Å². The number of hydrazone groups is 1. The van der Waals surface area contributed by atoms with Gasteiger partial charge < -0.3 is 4.90 Å². The van der Waals surface area contributed by atoms with Gasteiger partial charge in [0, 0.05) is 43.7 Å². The third-order valence-corrected chi connectivity index (χ3v) is 3.37. The number of nitrogens with one attached hydrogen (secondary N) is 1. The van der Waals surface area contributed by atoms with Gasteiger partial charge in [0.15, 0.2) is 0 Å². The molecule has 0 aromatic heterocycles. The first-order valence-corrected chi connectivity index (χ1v) is 7.49. The van der Waals surface area contributed by atoms with Gasteiger partial charge in [0.05, 0.1) is 4.92 Å². The number of anilines is 1. The number of carbonyl (C=O) groups is 1. The Morgan fingerprint density at radius 1 is 1.12 bits per heavy atom. The van der Waals surface area contributed by atoms with E-state index in [0.717, 1.165) is 11.3 Å². The molecule has 0 aliphatic carbocycles. The van der Waals surface area contributed by atoms with E-state index in [4.69, 9.17) is 0 Å². The van der Waals surface area contributed by atoms with E-state index in [1.54, 1.807) is 6.08 Å². The lowest BCUT2D eigenvalue weighted by Crippen LogP contribution is -2.17. The zero-order chi connectivity index (χ0) is 18.2. The summed E-state index contributed by atoms with van der Waals surface area (Å²) in [5, 5.41) is 14.4. The first-order chi connectivity index (χ1) is 12.0. The molecule has 7 heteroatoms. The molecule has 0 aliphatic rings. The van der Waals surface area contributed by atoms with Crippen LogP contribution in [0.5, 0.6) is 0 Å². The van der Waals surface area contributed by atoms with Crippen molar-refractivity contribution < 1.29 is 9.72 Å². The molecule has 0 unspecified atom stereocenters. The van der Waals surface area contributed by atoms with E-state index >= 15 is 0 Å². The number of non-ortho nitro benzene ring substituents is 1. The van der Waals surface area contributed by atoms with Crippen LogP contribution in [-0.2, 0) is 0 Å². The summed E-state index contributed by atoms with van der Waals surface area (Å²) in [5.41, 5.74) is 4.72. The molecule has 0 radical (unpaired) electrons. The highest BCUT2D eigenvalue weighted by molar-refractivity contribution is 5.94. The highest BCUT2D eigenvalue weighted by Crippen LogP contribution is 2.13. The summed E-state index contributed by atoms with van der Waals surface area (Å²) >= 11 is 0. The van der Waals surface area contributed by atoms with Crippen LogP contribution in [0.25, 0.3) is 6.08 Å². The molecule has 2 aromatic carbocycles. The number of rotatable bonds is 6. The van der Waals surface area contributed by atoms with Crippen LogP contribution in [0, 0.1) is 10.1 Å². The molecule has 7 nitrogen and oxygen atoms in total. The van der Waals surface area contributed by atoms with Crippen LogP contribution in [0.15, 0.2) is 59.7 Å². The molecular weight excluding hydrogens is 320 g/mol. The van der Waals surface area contributed by atoms with Gasteiger partial charge in [-0.2, -0.15) is 5.10 Å². The third-order valence-electron chi connectivity index (χ3n) is 3.37. The molecule has 2 rings (SSSR count). The molecule has 0 aliphatic heterocycles. The second kappa shape index (κ2) is 8.39. The molecule has 0 heterocycles. The average molecular weight is 338 g/mol. The summed E-state index contributed by atoms with van der Waals surface area (Å²) in [6, 6.07) is 13.3. The standard InChI is InChI=1S/C18H18N4O3/c1-21(2)16-9-5-14(6-10-16)4-3-13-19-20-18(23)15-7-11-17(12-8-15)22(24)25/h3-13H,1-2H3,(H,20,23)/b4-3+,19-13-. The van der Waals surface area contributed by atoms with E-state index in [1.165, 1.54) is 30.5 Å². The summed E-state index contributed by atoms with van der Waals surface area (Å²) in [4.78, 5) is 23.9. The van der Waals surface area contributed by atoms with Crippen LogP contribution in [-0.4, -0.2) is 31.1 Å². The molecule has 0 atom stereocenters. The quantitative estimate of drug-likeness (QED) is 0.498. The SMILES string of the molecule is CN(C)c1ccc(/C=C/C=N\NC(=O)c2ccc([N+](=O)[O-])cc2)cc1. The highest BCUT2D eigenvalue weighted by Gasteiger charge is 2.08. The Labute approximate surface area is 145 Å². The van der Waals surface area contributed by atoms with Crippen molar-refractivity contribution in [1.82, 2.24) is 5.43 Å². The van der Waals surface area contributed by atoms with Crippen molar-refractivity contribution in [3.63, 3.8) is 0 Å². The van der Waals surface area contributed by atoms with E-state index in [-0.39, 0.29) is 5.69 Å². The fourth-order valence-corrected chi connectivity index (χ4v) is 1.98.